The molecule has 0 saturated carbocycles. The van der Waals surface area contributed by atoms with Gasteiger partial charge in [-0.15, -0.1) is 0 Å². The number of anilines is 2. The van der Waals surface area contributed by atoms with Crippen molar-refractivity contribution in [3.63, 3.8) is 0 Å². The molecule has 1 aliphatic rings. The fourth-order valence-corrected chi connectivity index (χ4v) is 2.89. The van der Waals surface area contributed by atoms with Gasteiger partial charge in [-0.1, -0.05) is 0 Å². The number of aromatic nitrogens is 1. The van der Waals surface area contributed by atoms with Gasteiger partial charge in [-0.3, -0.25) is 19.5 Å². The summed E-state index contributed by atoms with van der Waals surface area (Å²) in [5.74, 6) is 0.394. The molecule has 1 aliphatic heterocycles. The van der Waals surface area contributed by atoms with E-state index >= 15 is 0 Å². The molecule has 0 fully saturated rings. The molecule has 0 radical (unpaired) electrons. The minimum absolute atomic E-state index is 0.113. The summed E-state index contributed by atoms with van der Waals surface area (Å²) in [6, 6.07) is 9.14. The summed E-state index contributed by atoms with van der Waals surface area (Å²) in [5, 5.41) is 2.87. The Morgan fingerprint density at radius 3 is 2.77 bits per heavy atom. The number of fused-ring (bicyclic) bond motifs is 1. The Kier molecular flexibility index (Phi) is 5.18. The Morgan fingerprint density at radius 1 is 1.31 bits per heavy atom. The minimum atomic E-state index is -0.505. The smallest absolute Gasteiger partial charge is 0.267 e. The highest BCUT2D eigenvalue weighted by molar-refractivity contribution is 6.00. The number of carbonyl (C=O) groups is 2. The fourth-order valence-electron chi connectivity index (χ4n) is 2.89. The van der Waals surface area contributed by atoms with Crippen LogP contribution < -0.4 is 15.0 Å². The molecule has 7 nitrogen and oxygen atoms in total. The normalized spacial score (nSPS) is 16.2. The zero-order chi connectivity index (χ0) is 18.7. The first kappa shape index (κ1) is 17.9. The number of benzene rings is 1. The summed E-state index contributed by atoms with van der Waals surface area (Å²) >= 11 is 0. The maximum Gasteiger partial charge on any atom is 0.267 e. The molecule has 136 valence electrons. The SMILES string of the molecule is CC1Oc2ccc(NC(=O)CN(C)Cc3ccncc3)cc2N(C)C1=O. The third kappa shape index (κ3) is 4.00. The van der Waals surface area contributed by atoms with Gasteiger partial charge < -0.3 is 15.0 Å². The molecule has 0 saturated heterocycles. The zero-order valence-electron chi connectivity index (χ0n) is 15.1. The van der Waals surface area contributed by atoms with Crippen molar-refractivity contribution in [2.45, 2.75) is 19.6 Å². The van der Waals surface area contributed by atoms with Crippen LogP contribution in [0.25, 0.3) is 0 Å². The summed E-state index contributed by atoms with van der Waals surface area (Å²) in [4.78, 5) is 31.8. The summed E-state index contributed by atoms with van der Waals surface area (Å²) in [7, 11) is 3.59. The standard InChI is InChI=1S/C19H22N4O3/c1-13-19(25)23(3)16-10-15(4-5-17(16)26-13)21-18(24)12-22(2)11-14-6-8-20-9-7-14/h4-10,13H,11-12H2,1-3H3,(H,21,24). The predicted molar refractivity (Wildman–Crippen MR) is 99.1 cm³/mol. The van der Waals surface area contributed by atoms with Crippen LogP contribution in [0.4, 0.5) is 11.4 Å². The third-order valence-corrected chi connectivity index (χ3v) is 4.20. The van der Waals surface area contributed by atoms with E-state index in [4.69, 9.17) is 4.74 Å². The molecule has 2 amide bonds. The number of hydrogen-bond donors (Lipinski definition) is 1. The average Bonchev–Trinajstić information content (AvgIpc) is 2.61. The molecular formula is C19H22N4O3. The number of hydrogen-bond acceptors (Lipinski definition) is 5. The number of likely N-dealkylation sites (N-methyl/N-ethyl adjacent to an activating group) is 2. The fraction of sp³-hybridized carbons (Fsp3) is 0.316. The van der Waals surface area contributed by atoms with Crippen molar-refractivity contribution >= 4 is 23.2 Å². The Labute approximate surface area is 152 Å². The number of nitrogens with one attached hydrogen (secondary N) is 1. The number of rotatable bonds is 5. The van der Waals surface area contributed by atoms with E-state index in [1.807, 2.05) is 24.1 Å². The molecule has 3 rings (SSSR count). The van der Waals surface area contributed by atoms with Gasteiger partial charge in [-0.2, -0.15) is 0 Å². The van der Waals surface area contributed by atoms with Crippen LogP contribution >= 0.6 is 0 Å². The number of amides is 2. The van der Waals surface area contributed by atoms with Crippen molar-refractivity contribution < 1.29 is 14.3 Å². The molecule has 1 N–H and O–H groups in total. The van der Waals surface area contributed by atoms with Crippen molar-refractivity contribution in [2.75, 3.05) is 30.9 Å². The first-order valence-electron chi connectivity index (χ1n) is 8.39. The van der Waals surface area contributed by atoms with Gasteiger partial charge in [0.1, 0.15) is 5.75 Å². The van der Waals surface area contributed by atoms with E-state index in [-0.39, 0.29) is 18.4 Å². The van der Waals surface area contributed by atoms with E-state index < -0.39 is 6.10 Å². The lowest BCUT2D eigenvalue weighted by atomic mass is 10.2. The van der Waals surface area contributed by atoms with Crippen LogP contribution in [-0.4, -0.2) is 48.4 Å². The van der Waals surface area contributed by atoms with Gasteiger partial charge in [-0.25, -0.2) is 0 Å². The van der Waals surface area contributed by atoms with Gasteiger partial charge in [0.05, 0.1) is 12.2 Å². The van der Waals surface area contributed by atoms with E-state index in [9.17, 15) is 9.59 Å². The quantitative estimate of drug-likeness (QED) is 0.888. The highest BCUT2D eigenvalue weighted by atomic mass is 16.5. The van der Waals surface area contributed by atoms with Gasteiger partial charge in [-0.05, 0) is 49.9 Å². The molecule has 1 atom stereocenters. The van der Waals surface area contributed by atoms with E-state index in [1.165, 1.54) is 0 Å². The number of nitrogens with zero attached hydrogens (tertiary/aromatic N) is 3. The highest BCUT2D eigenvalue weighted by Gasteiger charge is 2.29. The van der Waals surface area contributed by atoms with Crippen LogP contribution in [0.5, 0.6) is 5.75 Å². The van der Waals surface area contributed by atoms with Crippen LogP contribution in [0.3, 0.4) is 0 Å². The van der Waals surface area contributed by atoms with Gasteiger partial charge in [0.25, 0.3) is 5.91 Å². The molecule has 0 aliphatic carbocycles. The summed E-state index contributed by atoms with van der Waals surface area (Å²) in [6.07, 6.45) is 2.96. The van der Waals surface area contributed by atoms with E-state index in [0.717, 1.165) is 5.56 Å². The molecule has 1 unspecified atom stereocenters. The molecule has 0 bridgehead atoms. The lowest BCUT2D eigenvalue weighted by Gasteiger charge is -2.30. The Morgan fingerprint density at radius 2 is 2.04 bits per heavy atom. The highest BCUT2D eigenvalue weighted by Crippen LogP contribution is 2.35. The van der Waals surface area contributed by atoms with Gasteiger partial charge in [0, 0.05) is 31.7 Å². The number of ether oxygens (including phenoxy) is 1. The largest absolute Gasteiger partial charge is 0.479 e. The molecule has 2 aromatic rings. The maximum absolute atomic E-state index is 12.3. The molecule has 1 aromatic heterocycles. The van der Waals surface area contributed by atoms with Crippen molar-refractivity contribution in [3.05, 3.63) is 48.3 Å². The van der Waals surface area contributed by atoms with Gasteiger partial charge in [0.2, 0.25) is 5.91 Å². The van der Waals surface area contributed by atoms with Crippen LogP contribution in [0.1, 0.15) is 12.5 Å². The zero-order valence-corrected chi connectivity index (χ0v) is 15.1. The maximum atomic E-state index is 12.3. The number of pyridine rings is 1. The second-order valence-corrected chi connectivity index (χ2v) is 6.42. The topological polar surface area (TPSA) is 74.8 Å². The molecule has 26 heavy (non-hydrogen) atoms. The first-order valence-corrected chi connectivity index (χ1v) is 8.39. The monoisotopic (exact) mass is 354 g/mol. The van der Waals surface area contributed by atoms with Crippen LogP contribution in [-0.2, 0) is 16.1 Å². The van der Waals surface area contributed by atoms with E-state index in [1.54, 1.807) is 49.5 Å². The lowest BCUT2D eigenvalue weighted by Crippen LogP contribution is -2.42. The van der Waals surface area contributed by atoms with Crippen molar-refractivity contribution in [1.82, 2.24) is 9.88 Å². The molecule has 0 spiro atoms. The van der Waals surface area contributed by atoms with Crippen LogP contribution in [0, 0.1) is 0 Å². The van der Waals surface area contributed by atoms with Crippen LogP contribution in [0.15, 0.2) is 42.7 Å². The average molecular weight is 354 g/mol. The van der Waals surface area contributed by atoms with Crippen molar-refractivity contribution in [1.29, 1.82) is 0 Å². The Bertz CT molecular complexity index is 810. The minimum Gasteiger partial charge on any atom is -0.479 e. The lowest BCUT2D eigenvalue weighted by molar-refractivity contribution is -0.125. The summed E-state index contributed by atoms with van der Waals surface area (Å²) < 4.78 is 5.59. The Hall–Kier alpha value is -2.93. The summed E-state index contributed by atoms with van der Waals surface area (Å²) in [6.45, 7) is 2.63. The second-order valence-electron chi connectivity index (χ2n) is 6.42. The van der Waals surface area contributed by atoms with Crippen molar-refractivity contribution in [3.8, 4) is 5.75 Å². The van der Waals surface area contributed by atoms with E-state index in [2.05, 4.69) is 10.3 Å². The third-order valence-electron chi connectivity index (χ3n) is 4.20. The predicted octanol–water partition coefficient (Wildman–Crippen LogP) is 1.90. The van der Waals surface area contributed by atoms with Crippen molar-refractivity contribution in [2.24, 2.45) is 0 Å². The molecule has 7 heteroatoms. The number of carbonyl (C=O) groups excluding carboxylic acids is 2. The van der Waals surface area contributed by atoms with Crippen LogP contribution in [0.2, 0.25) is 0 Å². The van der Waals surface area contributed by atoms with E-state index in [0.29, 0.717) is 23.7 Å². The second kappa shape index (κ2) is 7.53. The first-order chi connectivity index (χ1) is 12.4. The summed E-state index contributed by atoms with van der Waals surface area (Å²) in [5.41, 5.74) is 2.37. The molecule has 2 heterocycles. The van der Waals surface area contributed by atoms with Gasteiger partial charge >= 0.3 is 0 Å². The van der Waals surface area contributed by atoms with Gasteiger partial charge in [0.15, 0.2) is 6.10 Å². The Balaban J connectivity index is 1.62. The molecule has 1 aromatic carbocycles. The molecular weight excluding hydrogens is 332 g/mol.